The highest BCUT2D eigenvalue weighted by Gasteiger charge is 2.09. The number of ether oxygens (including phenoxy) is 1. The number of nitrogen functional groups attached to an aromatic ring is 1. The molecule has 1 heterocycles. The van der Waals surface area contributed by atoms with E-state index < -0.39 is 0 Å². The van der Waals surface area contributed by atoms with Crippen molar-refractivity contribution in [2.75, 3.05) is 5.43 Å². The zero-order valence-corrected chi connectivity index (χ0v) is 13.2. The average molecular weight is 342 g/mol. The highest BCUT2D eigenvalue weighted by molar-refractivity contribution is 9.10. The summed E-state index contributed by atoms with van der Waals surface area (Å²) < 4.78 is 6.94. The number of hydrazine groups is 1. The van der Waals surface area contributed by atoms with Gasteiger partial charge < -0.3 is 4.74 Å². The van der Waals surface area contributed by atoms with Gasteiger partial charge in [-0.2, -0.15) is 0 Å². The van der Waals surface area contributed by atoms with Crippen molar-refractivity contribution in [1.29, 1.82) is 0 Å². The fraction of sp³-hybridized carbons (Fsp3) is 0.308. The first-order chi connectivity index (χ1) is 9.10. The van der Waals surface area contributed by atoms with Crippen LogP contribution in [0.4, 0.5) is 5.13 Å². The van der Waals surface area contributed by atoms with Gasteiger partial charge in [-0.25, -0.2) is 10.8 Å². The Bertz CT molecular complexity index is 557. The van der Waals surface area contributed by atoms with E-state index in [2.05, 4.69) is 46.3 Å². The second-order valence-electron chi connectivity index (χ2n) is 4.40. The van der Waals surface area contributed by atoms with Gasteiger partial charge in [0.05, 0.1) is 4.88 Å². The molecule has 19 heavy (non-hydrogen) atoms. The van der Waals surface area contributed by atoms with Crippen molar-refractivity contribution in [3.05, 3.63) is 39.3 Å². The number of aromatic nitrogens is 1. The molecule has 0 unspecified atom stereocenters. The molecule has 0 saturated heterocycles. The Morgan fingerprint density at radius 2 is 2.26 bits per heavy atom. The molecule has 0 spiro atoms. The fourth-order valence-electron chi connectivity index (χ4n) is 1.69. The van der Waals surface area contributed by atoms with Gasteiger partial charge in [0.1, 0.15) is 12.4 Å². The van der Waals surface area contributed by atoms with Gasteiger partial charge in [-0.3, -0.25) is 5.43 Å². The number of rotatable bonds is 5. The zero-order valence-electron chi connectivity index (χ0n) is 10.8. The first kappa shape index (κ1) is 14.3. The topological polar surface area (TPSA) is 60.2 Å². The van der Waals surface area contributed by atoms with Gasteiger partial charge in [0.25, 0.3) is 0 Å². The number of nitrogens with one attached hydrogen (secondary N) is 1. The summed E-state index contributed by atoms with van der Waals surface area (Å²) in [5, 5.41) is 0.693. The van der Waals surface area contributed by atoms with Crippen LogP contribution in [0.15, 0.2) is 28.9 Å². The summed E-state index contributed by atoms with van der Waals surface area (Å²) in [7, 11) is 0. The van der Waals surface area contributed by atoms with Crippen LogP contribution in [0.2, 0.25) is 0 Å². The molecule has 0 bridgehead atoms. The van der Waals surface area contributed by atoms with Crippen molar-refractivity contribution >= 4 is 32.4 Å². The smallest absolute Gasteiger partial charge is 0.197 e. The van der Waals surface area contributed by atoms with Crippen molar-refractivity contribution in [3.63, 3.8) is 0 Å². The van der Waals surface area contributed by atoms with Gasteiger partial charge in [0.15, 0.2) is 5.13 Å². The average Bonchev–Trinajstić information content (AvgIpc) is 2.85. The molecule has 0 amide bonds. The van der Waals surface area contributed by atoms with E-state index in [9.17, 15) is 0 Å². The van der Waals surface area contributed by atoms with E-state index in [1.165, 1.54) is 16.9 Å². The summed E-state index contributed by atoms with van der Waals surface area (Å²) in [5.41, 5.74) is 3.72. The maximum Gasteiger partial charge on any atom is 0.197 e. The molecule has 0 aliphatic rings. The van der Waals surface area contributed by atoms with E-state index >= 15 is 0 Å². The summed E-state index contributed by atoms with van der Waals surface area (Å²) in [6, 6.07) is 6.07. The molecule has 102 valence electrons. The molecule has 0 aliphatic heterocycles. The fourth-order valence-corrected chi connectivity index (χ4v) is 2.71. The third-order valence-electron chi connectivity index (χ3n) is 2.64. The van der Waals surface area contributed by atoms with Crippen molar-refractivity contribution in [1.82, 2.24) is 4.98 Å². The lowest BCUT2D eigenvalue weighted by Gasteiger charge is -2.13. The van der Waals surface area contributed by atoms with Gasteiger partial charge in [-0.05, 0) is 29.7 Å². The van der Waals surface area contributed by atoms with Gasteiger partial charge >= 0.3 is 0 Å². The molecule has 0 atom stereocenters. The van der Waals surface area contributed by atoms with E-state index in [1.54, 1.807) is 6.20 Å². The second-order valence-corrected chi connectivity index (χ2v) is 6.43. The maximum absolute atomic E-state index is 5.88. The van der Waals surface area contributed by atoms with Crippen molar-refractivity contribution < 1.29 is 4.74 Å². The minimum absolute atomic E-state index is 0.412. The third kappa shape index (κ3) is 3.68. The Balaban J connectivity index is 2.10. The van der Waals surface area contributed by atoms with Crippen LogP contribution in [0.3, 0.4) is 0 Å². The highest BCUT2D eigenvalue weighted by atomic mass is 79.9. The number of anilines is 1. The van der Waals surface area contributed by atoms with Gasteiger partial charge in [0, 0.05) is 10.7 Å². The molecule has 2 aromatic rings. The van der Waals surface area contributed by atoms with Crippen LogP contribution in [0.25, 0.3) is 0 Å². The maximum atomic E-state index is 5.88. The van der Waals surface area contributed by atoms with E-state index in [1.807, 2.05) is 12.1 Å². The van der Waals surface area contributed by atoms with E-state index in [0.717, 1.165) is 15.1 Å². The highest BCUT2D eigenvalue weighted by Crippen LogP contribution is 2.30. The summed E-state index contributed by atoms with van der Waals surface area (Å²) >= 11 is 4.98. The normalized spacial score (nSPS) is 10.8. The predicted molar refractivity (Wildman–Crippen MR) is 82.5 cm³/mol. The van der Waals surface area contributed by atoms with E-state index in [4.69, 9.17) is 10.6 Å². The molecular formula is C13H16BrN3OS. The van der Waals surface area contributed by atoms with Gasteiger partial charge in [-0.15, -0.1) is 0 Å². The summed E-state index contributed by atoms with van der Waals surface area (Å²) in [4.78, 5) is 5.15. The van der Waals surface area contributed by atoms with Crippen LogP contribution in [0, 0.1) is 0 Å². The molecule has 4 nitrogen and oxygen atoms in total. The molecule has 0 fully saturated rings. The molecule has 1 aromatic heterocycles. The lowest BCUT2D eigenvalue weighted by Crippen LogP contribution is -2.05. The minimum Gasteiger partial charge on any atom is -0.488 e. The first-order valence-electron chi connectivity index (χ1n) is 5.93. The second kappa shape index (κ2) is 6.36. The quantitative estimate of drug-likeness (QED) is 0.639. The lowest BCUT2D eigenvalue weighted by atomic mass is 10.0. The Hall–Kier alpha value is -1.11. The third-order valence-corrected chi connectivity index (χ3v) is 4.04. The first-order valence-corrected chi connectivity index (χ1v) is 7.54. The van der Waals surface area contributed by atoms with Crippen molar-refractivity contribution in [3.8, 4) is 5.75 Å². The predicted octanol–water partition coefficient (Wildman–Crippen LogP) is 3.89. The van der Waals surface area contributed by atoms with Crippen molar-refractivity contribution in [2.45, 2.75) is 26.4 Å². The molecule has 6 heteroatoms. The molecule has 0 radical (unpaired) electrons. The van der Waals surface area contributed by atoms with Crippen LogP contribution in [-0.2, 0) is 6.61 Å². The molecule has 1 aromatic carbocycles. The van der Waals surface area contributed by atoms with E-state index in [0.29, 0.717) is 17.7 Å². The lowest BCUT2D eigenvalue weighted by molar-refractivity contribution is 0.305. The zero-order chi connectivity index (χ0) is 13.8. The van der Waals surface area contributed by atoms with Crippen LogP contribution in [-0.4, -0.2) is 4.98 Å². The SMILES string of the molecule is CC(C)c1cc(Br)ccc1OCc1cnc(NN)s1. The standard InChI is InChI=1S/C13H16BrN3OS/c1-8(2)11-5-9(14)3-4-12(11)18-7-10-6-16-13(17-15)19-10/h3-6,8H,7,15H2,1-2H3,(H,16,17). The number of benzene rings is 1. The van der Waals surface area contributed by atoms with E-state index in [-0.39, 0.29) is 0 Å². The monoisotopic (exact) mass is 341 g/mol. The Morgan fingerprint density at radius 1 is 1.47 bits per heavy atom. The molecule has 3 N–H and O–H groups in total. The number of nitrogens with zero attached hydrogens (tertiary/aromatic N) is 1. The summed E-state index contributed by atoms with van der Waals surface area (Å²) in [5.74, 6) is 6.63. The molecule has 0 aliphatic carbocycles. The Labute approximate surface area is 125 Å². The summed E-state index contributed by atoms with van der Waals surface area (Å²) in [6.07, 6.45) is 1.77. The number of hydrogen-bond acceptors (Lipinski definition) is 5. The Morgan fingerprint density at radius 3 is 2.89 bits per heavy atom. The van der Waals surface area contributed by atoms with Gasteiger partial charge in [-0.1, -0.05) is 41.1 Å². The number of hydrogen-bond donors (Lipinski definition) is 2. The Kier molecular flexibility index (Phi) is 4.79. The summed E-state index contributed by atoms with van der Waals surface area (Å²) in [6.45, 7) is 4.80. The largest absolute Gasteiger partial charge is 0.488 e. The van der Waals surface area contributed by atoms with Crippen molar-refractivity contribution in [2.24, 2.45) is 5.84 Å². The molecule has 2 rings (SSSR count). The van der Waals surface area contributed by atoms with Gasteiger partial charge in [0.2, 0.25) is 0 Å². The number of nitrogens with two attached hydrogens (primary N) is 1. The molecular weight excluding hydrogens is 326 g/mol. The molecule has 0 saturated carbocycles. The van der Waals surface area contributed by atoms with Crippen LogP contribution >= 0.6 is 27.3 Å². The minimum atomic E-state index is 0.412. The number of halogens is 1. The van der Waals surface area contributed by atoms with Crippen LogP contribution in [0.5, 0.6) is 5.75 Å². The number of thiazole rings is 1. The van der Waals surface area contributed by atoms with Crippen LogP contribution in [0.1, 0.15) is 30.2 Å². The van der Waals surface area contributed by atoms with Crippen LogP contribution < -0.4 is 16.0 Å².